The SMILES string of the molecule is CC(C)(C)c1[nH]n(-c2ccc(Br)cc2)c(=O)c1N. The molecular weight excluding hydrogens is 294 g/mol. The highest BCUT2D eigenvalue weighted by atomic mass is 79.9. The Labute approximate surface area is 114 Å². The summed E-state index contributed by atoms with van der Waals surface area (Å²) in [6.07, 6.45) is 0. The molecule has 1 aromatic carbocycles. The summed E-state index contributed by atoms with van der Waals surface area (Å²) in [6, 6.07) is 7.48. The zero-order valence-corrected chi connectivity index (χ0v) is 12.2. The standard InChI is InChI=1S/C13H16BrN3O/c1-13(2,3)11-10(15)12(18)17(16-11)9-6-4-8(14)5-7-9/h4-7,16H,15H2,1-3H3. The molecule has 0 aliphatic carbocycles. The normalized spacial score (nSPS) is 11.8. The first-order valence-electron chi connectivity index (χ1n) is 5.67. The van der Waals surface area contributed by atoms with Crippen LogP contribution in [-0.2, 0) is 5.41 Å². The largest absolute Gasteiger partial charge is 0.393 e. The molecule has 1 heterocycles. The van der Waals surface area contributed by atoms with Crippen LogP contribution in [0.4, 0.5) is 5.69 Å². The number of benzene rings is 1. The van der Waals surface area contributed by atoms with Crippen molar-refractivity contribution >= 4 is 21.6 Å². The lowest BCUT2D eigenvalue weighted by Gasteiger charge is -2.16. The van der Waals surface area contributed by atoms with E-state index in [9.17, 15) is 4.79 Å². The summed E-state index contributed by atoms with van der Waals surface area (Å²) in [5, 5.41) is 3.09. The molecule has 5 heteroatoms. The summed E-state index contributed by atoms with van der Waals surface area (Å²) in [5.41, 5.74) is 7.30. The maximum atomic E-state index is 12.1. The van der Waals surface area contributed by atoms with Crippen LogP contribution in [0.5, 0.6) is 0 Å². The highest BCUT2D eigenvalue weighted by molar-refractivity contribution is 9.10. The molecule has 0 radical (unpaired) electrons. The smallest absolute Gasteiger partial charge is 0.294 e. The first-order chi connectivity index (χ1) is 8.30. The van der Waals surface area contributed by atoms with Crippen LogP contribution in [0.25, 0.3) is 5.69 Å². The van der Waals surface area contributed by atoms with Gasteiger partial charge < -0.3 is 5.73 Å². The average Bonchev–Trinajstić information content (AvgIpc) is 2.57. The van der Waals surface area contributed by atoms with E-state index in [0.29, 0.717) is 0 Å². The van der Waals surface area contributed by atoms with E-state index in [0.717, 1.165) is 15.9 Å². The summed E-state index contributed by atoms with van der Waals surface area (Å²) in [7, 11) is 0. The number of halogens is 1. The van der Waals surface area contributed by atoms with Crippen LogP contribution >= 0.6 is 15.9 Å². The fourth-order valence-electron chi connectivity index (χ4n) is 1.79. The van der Waals surface area contributed by atoms with Gasteiger partial charge in [-0.2, -0.15) is 0 Å². The van der Waals surface area contributed by atoms with Crippen molar-refractivity contribution in [2.45, 2.75) is 26.2 Å². The van der Waals surface area contributed by atoms with Gasteiger partial charge in [0.05, 0.1) is 11.4 Å². The molecular formula is C13H16BrN3O. The van der Waals surface area contributed by atoms with Crippen LogP contribution in [0.15, 0.2) is 33.5 Å². The van der Waals surface area contributed by atoms with Crippen molar-refractivity contribution in [2.24, 2.45) is 0 Å². The summed E-state index contributed by atoms with van der Waals surface area (Å²) in [5.74, 6) is 0. The number of nitrogens with one attached hydrogen (secondary N) is 1. The Kier molecular flexibility index (Phi) is 3.11. The number of aromatic nitrogens is 2. The lowest BCUT2D eigenvalue weighted by Crippen LogP contribution is -2.17. The second-order valence-electron chi connectivity index (χ2n) is 5.27. The van der Waals surface area contributed by atoms with Gasteiger partial charge in [0, 0.05) is 9.89 Å². The summed E-state index contributed by atoms with van der Waals surface area (Å²) >= 11 is 3.37. The lowest BCUT2D eigenvalue weighted by atomic mass is 9.91. The van der Waals surface area contributed by atoms with Crippen LogP contribution < -0.4 is 11.3 Å². The fraction of sp³-hybridized carbons (Fsp3) is 0.308. The van der Waals surface area contributed by atoms with Crippen molar-refractivity contribution in [1.29, 1.82) is 0 Å². The number of hydrogen-bond acceptors (Lipinski definition) is 2. The van der Waals surface area contributed by atoms with Gasteiger partial charge in [-0.25, -0.2) is 4.68 Å². The van der Waals surface area contributed by atoms with Crippen molar-refractivity contribution in [1.82, 2.24) is 9.78 Å². The molecule has 18 heavy (non-hydrogen) atoms. The van der Waals surface area contributed by atoms with E-state index >= 15 is 0 Å². The van der Waals surface area contributed by atoms with Gasteiger partial charge in [0.15, 0.2) is 0 Å². The van der Waals surface area contributed by atoms with Crippen LogP contribution in [0.2, 0.25) is 0 Å². The van der Waals surface area contributed by atoms with Crippen molar-refractivity contribution in [3.63, 3.8) is 0 Å². The van der Waals surface area contributed by atoms with Crippen LogP contribution in [-0.4, -0.2) is 9.78 Å². The zero-order valence-electron chi connectivity index (χ0n) is 10.6. The van der Waals surface area contributed by atoms with Gasteiger partial charge >= 0.3 is 0 Å². The Morgan fingerprint density at radius 2 is 1.78 bits per heavy atom. The van der Waals surface area contributed by atoms with Gasteiger partial charge in [-0.1, -0.05) is 36.7 Å². The van der Waals surface area contributed by atoms with E-state index in [1.54, 1.807) is 0 Å². The number of nitrogens with zero attached hydrogens (tertiary/aromatic N) is 1. The summed E-state index contributed by atoms with van der Waals surface area (Å²) in [4.78, 5) is 12.1. The van der Waals surface area contributed by atoms with Gasteiger partial charge in [0.25, 0.3) is 5.56 Å². The molecule has 96 valence electrons. The molecule has 0 saturated carbocycles. The van der Waals surface area contributed by atoms with Gasteiger partial charge in [-0.15, -0.1) is 0 Å². The Balaban J connectivity index is 2.60. The highest BCUT2D eigenvalue weighted by Gasteiger charge is 2.23. The minimum absolute atomic E-state index is 0.191. The number of rotatable bonds is 1. The topological polar surface area (TPSA) is 63.8 Å². The molecule has 2 aromatic rings. The molecule has 2 rings (SSSR count). The van der Waals surface area contributed by atoms with Gasteiger partial charge in [-0.3, -0.25) is 9.89 Å². The van der Waals surface area contributed by atoms with E-state index in [-0.39, 0.29) is 16.7 Å². The molecule has 0 amide bonds. The van der Waals surface area contributed by atoms with Crippen LogP contribution in [0.3, 0.4) is 0 Å². The maximum absolute atomic E-state index is 12.1. The van der Waals surface area contributed by atoms with Gasteiger partial charge in [-0.05, 0) is 24.3 Å². The predicted octanol–water partition coefficient (Wildman–Crippen LogP) is 2.81. The predicted molar refractivity (Wildman–Crippen MR) is 77.2 cm³/mol. The van der Waals surface area contributed by atoms with Crippen molar-refractivity contribution in [2.75, 3.05) is 5.73 Å². The van der Waals surface area contributed by atoms with Gasteiger partial charge in [0.1, 0.15) is 5.69 Å². The minimum Gasteiger partial charge on any atom is -0.393 e. The lowest BCUT2D eigenvalue weighted by molar-refractivity contribution is 0.562. The van der Waals surface area contributed by atoms with Crippen molar-refractivity contribution in [3.8, 4) is 5.69 Å². The Hall–Kier alpha value is -1.49. The summed E-state index contributed by atoms with van der Waals surface area (Å²) in [6.45, 7) is 6.04. The molecule has 0 unspecified atom stereocenters. The molecule has 0 saturated heterocycles. The van der Waals surface area contributed by atoms with E-state index in [2.05, 4.69) is 21.0 Å². The molecule has 0 atom stereocenters. The van der Waals surface area contributed by atoms with E-state index in [1.807, 2.05) is 45.0 Å². The molecule has 3 N–H and O–H groups in total. The minimum atomic E-state index is -0.206. The molecule has 0 aliphatic rings. The van der Waals surface area contributed by atoms with Crippen molar-refractivity contribution in [3.05, 3.63) is 44.8 Å². The van der Waals surface area contributed by atoms with E-state index in [1.165, 1.54) is 4.68 Å². The third-order valence-electron chi connectivity index (χ3n) is 2.76. The quantitative estimate of drug-likeness (QED) is 0.850. The Bertz CT molecular complexity index is 617. The number of anilines is 1. The third-order valence-corrected chi connectivity index (χ3v) is 3.29. The second kappa shape index (κ2) is 4.31. The third kappa shape index (κ3) is 2.22. The van der Waals surface area contributed by atoms with E-state index < -0.39 is 0 Å². The first-order valence-corrected chi connectivity index (χ1v) is 6.47. The molecule has 4 nitrogen and oxygen atoms in total. The fourth-order valence-corrected chi connectivity index (χ4v) is 2.06. The molecule has 0 fully saturated rings. The maximum Gasteiger partial charge on any atom is 0.294 e. The molecule has 0 spiro atoms. The van der Waals surface area contributed by atoms with Crippen LogP contribution in [0, 0.1) is 0 Å². The van der Waals surface area contributed by atoms with Gasteiger partial charge in [0.2, 0.25) is 0 Å². The number of aromatic amines is 1. The van der Waals surface area contributed by atoms with E-state index in [4.69, 9.17) is 5.73 Å². The Morgan fingerprint density at radius 3 is 2.22 bits per heavy atom. The second-order valence-corrected chi connectivity index (χ2v) is 6.18. The highest BCUT2D eigenvalue weighted by Crippen LogP contribution is 2.24. The van der Waals surface area contributed by atoms with Crippen LogP contribution in [0.1, 0.15) is 26.5 Å². The number of hydrogen-bond donors (Lipinski definition) is 2. The number of nitrogens with two attached hydrogens (primary N) is 1. The molecule has 0 bridgehead atoms. The average molecular weight is 310 g/mol. The zero-order chi connectivity index (χ0) is 13.5. The molecule has 0 aliphatic heterocycles. The number of H-pyrrole nitrogens is 1. The monoisotopic (exact) mass is 309 g/mol. The molecule has 1 aromatic heterocycles. The number of nitrogen functional groups attached to an aromatic ring is 1. The Morgan fingerprint density at radius 1 is 1.22 bits per heavy atom. The summed E-state index contributed by atoms with van der Waals surface area (Å²) < 4.78 is 2.44. The first kappa shape index (κ1) is 13.0. The van der Waals surface area contributed by atoms with Crippen molar-refractivity contribution < 1.29 is 0 Å².